The third kappa shape index (κ3) is 8.24. The van der Waals surface area contributed by atoms with E-state index in [2.05, 4.69) is 19.1 Å². The van der Waals surface area contributed by atoms with Gasteiger partial charge in [0.15, 0.2) is 0 Å². The molecule has 1 aliphatic rings. The Bertz CT molecular complexity index is 698. The Kier molecular flexibility index (Phi) is 9.65. The zero-order valence-electron chi connectivity index (χ0n) is 17.2. The van der Waals surface area contributed by atoms with E-state index in [1.807, 2.05) is 47.4 Å². The van der Waals surface area contributed by atoms with Crippen LogP contribution in [0.25, 0.3) is 0 Å². The van der Waals surface area contributed by atoms with Crippen LogP contribution in [0.3, 0.4) is 0 Å². The normalized spacial score (nSPS) is 19.3. The lowest BCUT2D eigenvalue weighted by atomic mass is 9.95. The van der Waals surface area contributed by atoms with Crippen molar-refractivity contribution in [2.24, 2.45) is 5.92 Å². The van der Waals surface area contributed by atoms with Gasteiger partial charge in [-0.2, -0.15) is 0 Å². The lowest BCUT2D eigenvalue weighted by Gasteiger charge is -2.22. The molecular weight excluding hydrogens is 366 g/mol. The molecule has 1 aromatic carbocycles. The van der Waals surface area contributed by atoms with Gasteiger partial charge in [0.25, 0.3) is 0 Å². The van der Waals surface area contributed by atoms with Gasteiger partial charge in [0.2, 0.25) is 5.91 Å². The zero-order chi connectivity index (χ0) is 21.1. The Labute approximate surface area is 173 Å². The highest BCUT2D eigenvalue weighted by Gasteiger charge is 2.28. The summed E-state index contributed by atoms with van der Waals surface area (Å²) >= 11 is 0. The summed E-state index contributed by atoms with van der Waals surface area (Å²) in [7, 11) is 0. The lowest BCUT2D eigenvalue weighted by Crippen LogP contribution is -2.32. The number of hydrogen-bond donors (Lipinski definition) is 2. The van der Waals surface area contributed by atoms with Gasteiger partial charge in [0, 0.05) is 19.4 Å². The summed E-state index contributed by atoms with van der Waals surface area (Å²) in [6.45, 7) is 2.58. The molecular formula is C24H33NO4. The molecule has 0 bridgehead atoms. The third-order valence-corrected chi connectivity index (χ3v) is 5.45. The molecule has 0 radical (unpaired) electrons. The molecule has 1 unspecified atom stereocenters. The molecule has 5 heteroatoms. The predicted molar refractivity (Wildman–Crippen MR) is 114 cm³/mol. The van der Waals surface area contributed by atoms with E-state index < -0.39 is 12.1 Å². The van der Waals surface area contributed by atoms with Crippen LogP contribution in [0.15, 0.2) is 54.6 Å². The van der Waals surface area contributed by atoms with Gasteiger partial charge < -0.3 is 15.1 Å². The molecule has 5 nitrogen and oxygen atoms in total. The number of hydrogen-bond acceptors (Lipinski definition) is 3. The number of likely N-dealkylation sites (tertiary alicyclic amines) is 1. The summed E-state index contributed by atoms with van der Waals surface area (Å²) in [4.78, 5) is 24.5. The summed E-state index contributed by atoms with van der Waals surface area (Å²) in [6, 6.07) is 10.3. The standard InChI is InChI=1S/C24H33NO4/c1-19(12-13-20-9-5-4-6-10-20)22(26)16-14-21-15-17-23(27)25(21)18-8-3-2-7-11-24(28)29/h3-6,8-10,14,16,19,21-22,26H,2,7,11-13,15,17-18H2,1H3,(H,28,29)/t19-,21?,22+/m0/s1. The molecule has 1 heterocycles. The highest BCUT2D eigenvalue weighted by Crippen LogP contribution is 2.21. The number of carboxylic acids is 1. The largest absolute Gasteiger partial charge is 0.481 e. The van der Waals surface area contributed by atoms with E-state index in [1.165, 1.54) is 5.56 Å². The number of carbonyl (C=O) groups is 2. The molecule has 2 rings (SSSR count). The number of rotatable bonds is 12. The number of aliphatic hydroxyl groups is 1. The second-order valence-electron chi connectivity index (χ2n) is 7.79. The fraction of sp³-hybridized carbons (Fsp3) is 0.500. The Balaban J connectivity index is 1.78. The Morgan fingerprint density at radius 3 is 2.76 bits per heavy atom. The summed E-state index contributed by atoms with van der Waals surface area (Å²) in [5.41, 5.74) is 1.28. The summed E-state index contributed by atoms with van der Waals surface area (Å²) in [6.07, 6.45) is 11.8. The second-order valence-corrected chi connectivity index (χ2v) is 7.79. The van der Waals surface area contributed by atoms with Gasteiger partial charge in [0.1, 0.15) is 0 Å². The van der Waals surface area contributed by atoms with E-state index in [1.54, 1.807) is 0 Å². The van der Waals surface area contributed by atoms with Crippen LogP contribution in [0.4, 0.5) is 0 Å². The highest BCUT2D eigenvalue weighted by molar-refractivity contribution is 5.79. The minimum Gasteiger partial charge on any atom is -0.481 e. The Morgan fingerprint density at radius 2 is 2.03 bits per heavy atom. The fourth-order valence-electron chi connectivity index (χ4n) is 3.51. The first-order chi connectivity index (χ1) is 14.0. The van der Waals surface area contributed by atoms with Crippen molar-refractivity contribution in [2.75, 3.05) is 6.54 Å². The monoisotopic (exact) mass is 399 g/mol. The number of unbranched alkanes of at least 4 members (excludes halogenated alkanes) is 1. The number of carbonyl (C=O) groups excluding carboxylic acids is 1. The fourth-order valence-corrected chi connectivity index (χ4v) is 3.51. The van der Waals surface area contributed by atoms with Crippen LogP contribution >= 0.6 is 0 Å². The van der Waals surface area contributed by atoms with E-state index in [9.17, 15) is 14.7 Å². The molecule has 1 aliphatic heterocycles. The Hall–Kier alpha value is -2.40. The van der Waals surface area contributed by atoms with E-state index in [0.29, 0.717) is 25.8 Å². The maximum Gasteiger partial charge on any atom is 0.303 e. The number of allylic oxidation sites excluding steroid dienone is 1. The molecule has 0 aliphatic carbocycles. The number of aliphatic hydroxyl groups excluding tert-OH is 1. The maximum absolute atomic E-state index is 12.1. The Morgan fingerprint density at radius 1 is 1.28 bits per heavy atom. The van der Waals surface area contributed by atoms with E-state index in [4.69, 9.17) is 5.11 Å². The SMILES string of the molecule is C[C@@H](CCc1ccccc1)[C@H](O)C=CC1CCC(=O)N1CC=CCCCC(=O)O. The van der Waals surface area contributed by atoms with Crippen molar-refractivity contribution in [3.05, 3.63) is 60.2 Å². The van der Waals surface area contributed by atoms with Gasteiger partial charge >= 0.3 is 5.97 Å². The van der Waals surface area contributed by atoms with Crippen LogP contribution < -0.4 is 0 Å². The van der Waals surface area contributed by atoms with Crippen LogP contribution in [-0.4, -0.2) is 45.7 Å². The molecule has 1 saturated heterocycles. The molecule has 158 valence electrons. The van der Waals surface area contributed by atoms with E-state index in [-0.39, 0.29) is 24.3 Å². The average molecular weight is 400 g/mol. The number of nitrogens with zero attached hydrogens (tertiary/aromatic N) is 1. The number of carboxylic acid groups (broad SMARTS) is 1. The van der Waals surface area contributed by atoms with Crippen molar-refractivity contribution in [1.82, 2.24) is 4.90 Å². The first-order valence-electron chi connectivity index (χ1n) is 10.5. The van der Waals surface area contributed by atoms with Crippen LogP contribution in [0.5, 0.6) is 0 Å². The van der Waals surface area contributed by atoms with Gasteiger partial charge in [0.05, 0.1) is 12.1 Å². The van der Waals surface area contributed by atoms with Crippen LogP contribution in [-0.2, 0) is 16.0 Å². The minimum atomic E-state index is -0.783. The van der Waals surface area contributed by atoms with Crippen molar-refractivity contribution < 1.29 is 19.8 Å². The van der Waals surface area contributed by atoms with E-state index in [0.717, 1.165) is 19.3 Å². The molecule has 1 fully saturated rings. The number of amides is 1. The van der Waals surface area contributed by atoms with Gasteiger partial charge in [-0.15, -0.1) is 0 Å². The van der Waals surface area contributed by atoms with E-state index >= 15 is 0 Å². The number of aryl methyl sites for hydroxylation is 1. The van der Waals surface area contributed by atoms with Gasteiger partial charge in [-0.3, -0.25) is 9.59 Å². The topological polar surface area (TPSA) is 77.8 Å². The molecule has 3 atom stereocenters. The maximum atomic E-state index is 12.1. The predicted octanol–water partition coefficient (Wildman–Crippen LogP) is 3.97. The first kappa shape index (κ1) is 22.9. The van der Waals surface area contributed by atoms with Crippen molar-refractivity contribution in [1.29, 1.82) is 0 Å². The minimum absolute atomic E-state index is 0.0159. The molecule has 0 spiro atoms. The summed E-state index contributed by atoms with van der Waals surface area (Å²) in [5.74, 6) is -0.512. The zero-order valence-corrected chi connectivity index (χ0v) is 17.2. The van der Waals surface area contributed by atoms with Crippen LogP contribution in [0.2, 0.25) is 0 Å². The summed E-state index contributed by atoms with van der Waals surface area (Å²) < 4.78 is 0. The highest BCUT2D eigenvalue weighted by atomic mass is 16.4. The number of aliphatic carboxylic acids is 1. The van der Waals surface area contributed by atoms with Crippen molar-refractivity contribution in [3.8, 4) is 0 Å². The second kappa shape index (κ2) is 12.2. The van der Waals surface area contributed by atoms with Crippen molar-refractivity contribution in [3.63, 3.8) is 0 Å². The van der Waals surface area contributed by atoms with Gasteiger partial charge in [-0.05, 0) is 43.6 Å². The molecule has 1 aromatic rings. The molecule has 2 N–H and O–H groups in total. The summed E-state index contributed by atoms with van der Waals surface area (Å²) in [5, 5.41) is 19.1. The van der Waals surface area contributed by atoms with Crippen LogP contribution in [0, 0.1) is 5.92 Å². The lowest BCUT2D eigenvalue weighted by molar-refractivity contribution is -0.137. The smallest absolute Gasteiger partial charge is 0.303 e. The van der Waals surface area contributed by atoms with Crippen molar-refractivity contribution >= 4 is 11.9 Å². The third-order valence-electron chi connectivity index (χ3n) is 5.45. The average Bonchev–Trinajstić information content (AvgIpc) is 3.07. The molecule has 0 aromatic heterocycles. The van der Waals surface area contributed by atoms with Crippen LogP contribution in [0.1, 0.15) is 51.0 Å². The first-order valence-corrected chi connectivity index (χ1v) is 10.5. The van der Waals surface area contributed by atoms with Gasteiger partial charge in [-0.25, -0.2) is 0 Å². The molecule has 0 saturated carbocycles. The number of benzene rings is 1. The van der Waals surface area contributed by atoms with Crippen molar-refractivity contribution in [2.45, 2.75) is 64.0 Å². The molecule has 29 heavy (non-hydrogen) atoms. The molecule has 1 amide bonds. The van der Waals surface area contributed by atoms with Gasteiger partial charge in [-0.1, -0.05) is 61.6 Å². The quantitative estimate of drug-likeness (QED) is 0.412.